The van der Waals surface area contributed by atoms with Crippen LogP contribution in [0.25, 0.3) is 10.9 Å². The molecule has 3 rings (SSSR count). The number of nitro benzene ring substituents is 1. The maximum atomic E-state index is 11.0. The molecule has 0 amide bonds. The van der Waals surface area contributed by atoms with Crippen molar-refractivity contribution < 1.29 is 4.92 Å². The molecule has 0 saturated heterocycles. The van der Waals surface area contributed by atoms with E-state index in [9.17, 15) is 10.1 Å². The Morgan fingerprint density at radius 3 is 2.87 bits per heavy atom. The number of nitrogens with zero attached hydrogens (tertiary/aromatic N) is 3. The summed E-state index contributed by atoms with van der Waals surface area (Å²) in [6, 6.07) is 13.5. The third-order valence-corrected chi connectivity index (χ3v) is 3.46. The number of nitrogens with one attached hydrogen (secondary N) is 1. The van der Waals surface area contributed by atoms with Crippen molar-refractivity contribution in [2.24, 2.45) is 5.10 Å². The summed E-state index contributed by atoms with van der Waals surface area (Å²) >= 11 is 5.95. The van der Waals surface area contributed by atoms with E-state index in [1.54, 1.807) is 42.6 Å². The quantitative estimate of drug-likeness (QED) is 0.441. The van der Waals surface area contributed by atoms with Crippen molar-refractivity contribution in [2.75, 3.05) is 5.43 Å². The topological polar surface area (TPSA) is 80.4 Å². The zero-order valence-electron chi connectivity index (χ0n) is 11.8. The number of fused-ring (bicyclic) bond motifs is 1. The van der Waals surface area contributed by atoms with Crippen molar-refractivity contribution >= 4 is 40.1 Å². The second-order valence-corrected chi connectivity index (χ2v) is 5.14. The molecular formula is C16H11ClN4O2. The minimum absolute atomic E-state index is 0.00409. The number of hydrogen-bond acceptors (Lipinski definition) is 5. The number of hydrogen-bond donors (Lipinski definition) is 1. The van der Waals surface area contributed by atoms with Gasteiger partial charge in [0.15, 0.2) is 0 Å². The predicted octanol–water partition coefficient (Wildman–Crippen LogP) is 4.24. The SMILES string of the molecule is O=[N+]([O-])c1ccccc1/C=N\Nc1ccnc2cc(Cl)ccc12. The van der Waals surface area contributed by atoms with Crippen molar-refractivity contribution in [1.29, 1.82) is 0 Å². The summed E-state index contributed by atoms with van der Waals surface area (Å²) in [5.41, 5.74) is 4.79. The molecule has 7 heteroatoms. The molecule has 2 aromatic carbocycles. The van der Waals surface area contributed by atoms with Crippen LogP contribution >= 0.6 is 11.6 Å². The number of halogens is 1. The minimum atomic E-state index is -0.439. The Morgan fingerprint density at radius 1 is 1.22 bits per heavy atom. The van der Waals surface area contributed by atoms with Crippen LogP contribution in [0.15, 0.2) is 59.8 Å². The van der Waals surface area contributed by atoms with Gasteiger partial charge in [-0.1, -0.05) is 23.7 Å². The van der Waals surface area contributed by atoms with E-state index in [0.717, 1.165) is 16.6 Å². The first kappa shape index (κ1) is 14.9. The Morgan fingerprint density at radius 2 is 2.04 bits per heavy atom. The summed E-state index contributed by atoms with van der Waals surface area (Å²) in [5.74, 6) is 0. The number of pyridine rings is 1. The van der Waals surface area contributed by atoms with E-state index in [1.165, 1.54) is 12.3 Å². The highest BCUT2D eigenvalue weighted by molar-refractivity contribution is 6.31. The van der Waals surface area contributed by atoms with Crippen molar-refractivity contribution in [3.8, 4) is 0 Å². The number of rotatable bonds is 4. The third-order valence-electron chi connectivity index (χ3n) is 3.23. The van der Waals surface area contributed by atoms with E-state index in [0.29, 0.717) is 10.6 Å². The number of anilines is 1. The number of aromatic nitrogens is 1. The average Bonchev–Trinajstić information content (AvgIpc) is 2.55. The maximum Gasteiger partial charge on any atom is 0.278 e. The van der Waals surface area contributed by atoms with Crippen LogP contribution in [-0.2, 0) is 0 Å². The molecule has 23 heavy (non-hydrogen) atoms. The van der Waals surface area contributed by atoms with Crippen LogP contribution in [0.5, 0.6) is 0 Å². The van der Waals surface area contributed by atoms with Crippen molar-refractivity contribution in [3.05, 3.63) is 75.4 Å². The van der Waals surface area contributed by atoms with Crippen LogP contribution in [0, 0.1) is 10.1 Å². The van der Waals surface area contributed by atoms with Crippen LogP contribution < -0.4 is 5.43 Å². The average molecular weight is 327 g/mol. The molecule has 0 saturated carbocycles. The van der Waals surface area contributed by atoms with E-state index >= 15 is 0 Å². The van der Waals surface area contributed by atoms with Gasteiger partial charge in [0.05, 0.1) is 27.9 Å². The van der Waals surface area contributed by atoms with Gasteiger partial charge in [-0.15, -0.1) is 0 Å². The van der Waals surface area contributed by atoms with Gasteiger partial charge in [0.25, 0.3) is 5.69 Å². The van der Waals surface area contributed by atoms with Crippen LogP contribution in [0.2, 0.25) is 5.02 Å². The molecule has 1 N–H and O–H groups in total. The number of nitro groups is 1. The maximum absolute atomic E-state index is 11.0. The molecule has 0 unspecified atom stereocenters. The molecular weight excluding hydrogens is 316 g/mol. The molecule has 0 aliphatic carbocycles. The summed E-state index contributed by atoms with van der Waals surface area (Å²) in [7, 11) is 0. The summed E-state index contributed by atoms with van der Waals surface area (Å²) < 4.78 is 0. The Kier molecular flexibility index (Phi) is 4.16. The lowest BCUT2D eigenvalue weighted by Gasteiger charge is -2.05. The molecule has 114 valence electrons. The first-order valence-corrected chi connectivity index (χ1v) is 7.10. The van der Waals surface area contributed by atoms with Crippen LogP contribution in [0.3, 0.4) is 0 Å². The van der Waals surface area contributed by atoms with Crippen LogP contribution in [0.4, 0.5) is 11.4 Å². The molecule has 0 aliphatic rings. The van der Waals surface area contributed by atoms with Gasteiger partial charge in [0.2, 0.25) is 0 Å². The highest BCUT2D eigenvalue weighted by Gasteiger charge is 2.09. The standard InChI is InChI=1S/C16H11ClN4O2/c17-12-5-6-13-14(7-8-18-15(13)9-12)20-19-10-11-3-1-2-4-16(11)21(22)23/h1-10H,(H,18,20)/b19-10-. The second kappa shape index (κ2) is 6.41. The predicted molar refractivity (Wildman–Crippen MR) is 91.1 cm³/mol. The Balaban J connectivity index is 1.88. The normalized spacial score (nSPS) is 11.0. The van der Waals surface area contributed by atoms with Crippen molar-refractivity contribution in [1.82, 2.24) is 4.98 Å². The molecule has 6 nitrogen and oxygen atoms in total. The Bertz CT molecular complexity index is 911. The third kappa shape index (κ3) is 3.27. The van der Waals surface area contributed by atoms with Crippen molar-refractivity contribution in [2.45, 2.75) is 0 Å². The summed E-state index contributed by atoms with van der Waals surface area (Å²) in [4.78, 5) is 14.8. The molecule has 1 aromatic heterocycles. The van der Waals surface area contributed by atoms with Gasteiger partial charge in [0, 0.05) is 22.7 Å². The lowest BCUT2D eigenvalue weighted by molar-refractivity contribution is -0.385. The van der Waals surface area contributed by atoms with Gasteiger partial charge < -0.3 is 0 Å². The zero-order chi connectivity index (χ0) is 16.2. The second-order valence-electron chi connectivity index (χ2n) is 4.71. The minimum Gasteiger partial charge on any atom is -0.278 e. The van der Waals surface area contributed by atoms with Gasteiger partial charge in [-0.05, 0) is 30.3 Å². The highest BCUT2D eigenvalue weighted by Crippen LogP contribution is 2.24. The molecule has 0 aliphatic heterocycles. The number of hydrazone groups is 1. The highest BCUT2D eigenvalue weighted by atomic mass is 35.5. The monoisotopic (exact) mass is 326 g/mol. The molecule has 3 aromatic rings. The van der Waals surface area contributed by atoms with E-state index in [1.807, 2.05) is 6.07 Å². The first-order valence-electron chi connectivity index (χ1n) is 6.72. The summed E-state index contributed by atoms with van der Waals surface area (Å²) in [5, 5.41) is 16.5. The van der Waals surface area contributed by atoms with E-state index in [-0.39, 0.29) is 5.69 Å². The largest absolute Gasteiger partial charge is 0.278 e. The fourth-order valence-electron chi connectivity index (χ4n) is 2.15. The Hall–Kier alpha value is -2.99. The van der Waals surface area contributed by atoms with E-state index in [4.69, 9.17) is 11.6 Å². The van der Waals surface area contributed by atoms with Gasteiger partial charge >= 0.3 is 0 Å². The fraction of sp³-hybridized carbons (Fsp3) is 0. The van der Waals surface area contributed by atoms with E-state index in [2.05, 4.69) is 15.5 Å². The molecule has 0 atom stereocenters. The lowest BCUT2D eigenvalue weighted by atomic mass is 10.2. The van der Waals surface area contributed by atoms with Gasteiger partial charge in [-0.3, -0.25) is 20.5 Å². The van der Waals surface area contributed by atoms with Crippen molar-refractivity contribution in [3.63, 3.8) is 0 Å². The molecule has 0 fully saturated rings. The van der Waals surface area contributed by atoms with Gasteiger partial charge in [-0.25, -0.2) is 0 Å². The summed E-state index contributed by atoms with van der Waals surface area (Å²) in [6.45, 7) is 0. The molecule has 0 spiro atoms. The molecule has 0 radical (unpaired) electrons. The lowest BCUT2D eigenvalue weighted by Crippen LogP contribution is -1.96. The smallest absolute Gasteiger partial charge is 0.278 e. The first-order chi connectivity index (χ1) is 11.1. The number of benzene rings is 2. The van der Waals surface area contributed by atoms with Crippen LogP contribution in [-0.4, -0.2) is 16.1 Å². The van der Waals surface area contributed by atoms with E-state index < -0.39 is 4.92 Å². The molecule has 0 bridgehead atoms. The summed E-state index contributed by atoms with van der Waals surface area (Å²) in [6.07, 6.45) is 3.06. The van der Waals surface area contributed by atoms with Crippen LogP contribution in [0.1, 0.15) is 5.56 Å². The fourth-order valence-corrected chi connectivity index (χ4v) is 2.32. The van der Waals surface area contributed by atoms with Gasteiger partial charge in [0.1, 0.15) is 0 Å². The number of para-hydroxylation sites is 1. The molecule has 1 heterocycles. The Labute approximate surface area is 136 Å². The van der Waals surface area contributed by atoms with Gasteiger partial charge in [-0.2, -0.15) is 5.10 Å². The zero-order valence-corrected chi connectivity index (χ0v) is 12.6.